The van der Waals surface area contributed by atoms with Crippen molar-refractivity contribution in [2.24, 2.45) is 0 Å². The van der Waals surface area contributed by atoms with Crippen LogP contribution < -0.4 is 4.74 Å². The highest BCUT2D eigenvalue weighted by atomic mass is 16.5. The van der Waals surface area contributed by atoms with Crippen molar-refractivity contribution in [1.82, 2.24) is 0 Å². The second-order valence-electron chi connectivity index (χ2n) is 3.12. The Balaban J connectivity index is 2.70. The monoisotopic (exact) mass is 266 g/mol. The third kappa shape index (κ3) is 2.71. The van der Waals surface area contributed by atoms with Gasteiger partial charge in [0, 0.05) is 0 Å². The van der Waals surface area contributed by atoms with Crippen LogP contribution in [0, 0.1) is 0 Å². The fourth-order valence-corrected chi connectivity index (χ4v) is 1.13. The molecule has 0 aromatic heterocycles. The number of para-hydroxylation sites is 2. The Morgan fingerprint density at radius 1 is 1.00 bits per heavy atom. The second-order valence-corrected chi connectivity index (χ2v) is 3.12. The van der Waals surface area contributed by atoms with Crippen LogP contribution in [0.1, 0.15) is 31.7 Å². The number of aromatic hydroxyl groups is 1. The Bertz CT molecular complexity index is 975. The lowest BCUT2D eigenvalue weighted by Gasteiger charge is -2.07. The lowest BCUT2D eigenvalue weighted by Crippen LogP contribution is -2.11. The van der Waals surface area contributed by atoms with E-state index >= 15 is 0 Å². The number of rotatable bonds is 3. The van der Waals surface area contributed by atoms with E-state index in [0.29, 0.717) is 0 Å². The molecule has 2 N–H and O–H groups in total. The van der Waals surface area contributed by atoms with Crippen LogP contribution in [-0.2, 0) is 0 Å². The summed E-state index contributed by atoms with van der Waals surface area (Å²) in [6.07, 6.45) is 0. The number of benzene rings is 2. The van der Waals surface area contributed by atoms with Crippen molar-refractivity contribution < 1.29 is 35.5 Å². The number of hydrogen-bond acceptors (Lipinski definition) is 4. The van der Waals surface area contributed by atoms with Crippen molar-refractivity contribution in [3.05, 3.63) is 59.5 Å². The number of esters is 1. The normalized spacial score (nSPS) is 15.8. The second kappa shape index (κ2) is 5.22. The number of carboxylic acids is 1. The average Bonchev–Trinajstić information content (AvgIpc) is 2.60. The van der Waals surface area contributed by atoms with E-state index in [0.717, 1.165) is 0 Å². The van der Waals surface area contributed by atoms with Gasteiger partial charge in [0.15, 0.2) is 0 Å². The van der Waals surface area contributed by atoms with Crippen LogP contribution in [0.2, 0.25) is 0 Å². The first-order chi connectivity index (χ1) is 12.4. The van der Waals surface area contributed by atoms with Crippen LogP contribution in [-0.4, -0.2) is 22.2 Å². The number of ether oxygens (including phenoxy) is 1. The molecule has 0 aliphatic carbocycles. The largest absolute Gasteiger partial charge is 0.507 e. The zero-order chi connectivity index (χ0) is 20.8. The molecule has 0 saturated heterocycles. The molecule has 2 rings (SSSR count). The quantitative estimate of drug-likeness (QED) is 0.658. The van der Waals surface area contributed by atoms with Crippen LogP contribution in [0.25, 0.3) is 0 Å². The van der Waals surface area contributed by atoms with Gasteiger partial charge in [-0.25, -0.2) is 9.59 Å². The Morgan fingerprint density at radius 3 is 2.26 bits per heavy atom. The Labute approximate surface area is 119 Å². The van der Waals surface area contributed by atoms with Crippen molar-refractivity contribution >= 4 is 11.9 Å². The number of carbonyl (C=O) groups excluding carboxylic acids is 1. The van der Waals surface area contributed by atoms with Crippen molar-refractivity contribution in [3.8, 4) is 11.5 Å². The number of carbonyl (C=O) groups is 2. The number of aromatic carboxylic acids is 1. The minimum absolute atomic E-state index is 0.818. The lowest BCUT2D eigenvalue weighted by atomic mass is 10.2. The Kier molecular flexibility index (Phi) is 1.62. The number of phenolic OH excluding ortho intramolecular Hbond substituents is 1. The van der Waals surface area contributed by atoms with Gasteiger partial charge in [0.25, 0.3) is 0 Å². The molecular weight excluding hydrogens is 248 g/mol. The minimum atomic E-state index is -1.82. The zero-order valence-electron chi connectivity index (χ0n) is 17.1. The smallest absolute Gasteiger partial charge is 0.347 e. The van der Waals surface area contributed by atoms with Gasteiger partial charge in [0.05, 0.1) is 11.0 Å². The van der Waals surface area contributed by atoms with Crippen molar-refractivity contribution in [1.29, 1.82) is 0 Å². The van der Waals surface area contributed by atoms with Crippen LogP contribution in [0.4, 0.5) is 0 Å². The predicted molar refractivity (Wildman–Crippen MR) is 66.5 cm³/mol. The highest BCUT2D eigenvalue weighted by Gasteiger charge is 2.17. The molecular formula is C14H10O5. The molecule has 0 bridgehead atoms. The van der Waals surface area contributed by atoms with Gasteiger partial charge < -0.3 is 14.9 Å². The minimum Gasteiger partial charge on any atom is -0.507 e. The molecule has 2 aromatic rings. The molecule has 0 radical (unpaired) electrons. The fourth-order valence-electron chi connectivity index (χ4n) is 1.13. The lowest BCUT2D eigenvalue weighted by molar-refractivity contribution is 0.0681. The van der Waals surface area contributed by atoms with E-state index in [1.807, 2.05) is 0 Å². The molecule has 0 fully saturated rings. The van der Waals surface area contributed by atoms with E-state index in [-0.39, 0.29) is 0 Å². The van der Waals surface area contributed by atoms with E-state index in [1.165, 1.54) is 0 Å². The van der Waals surface area contributed by atoms with Crippen molar-refractivity contribution in [2.45, 2.75) is 0 Å². The van der Waals surface area contributed by atoms with E-state index in [4.69, 9.17) is 15.7 Å². The van der Waals surface area contributed by atoms with Gasteiger partial charge in [-0.15, -0.1) is 0 Å². The van der Waals surface area contributed by atoms with Gasteiger partial charge in [-0.2, -0.15) is 0 Å². The summed E-state index contributed by atoms with van der Waals surface area (Å²) in [5.74, 6) is -5.63. The first kappa shape index (κ1) is 5.88. The first-order valence-electron chi connectivity index (χ1n) is 8.76. The molecule has 2 aromatic carbocycles. The molecule has 5 heteroatoms. The van der Waals surface area contributed by atoms with E-state index < -0.39 is 82.9 Å². The van der Waals surface area contributed by atoms with E-state index in [2.05, 4.69) is 0 Å². The zero-order valence-corrected chi connectivity index (χ0v) is 9.12. The Morgan fingerprint density at radius 2 is 1.58 bits per heavy atom. The molecule has 96 valence electrons. The summed E-state index contributed by atoms with van der Waals surface area (Å²) < 4.78 is 65.1. The highest BCUT2D eigenvalue weighted by Crippen LogP contribution is 2.22. The molecule has 0 spiro atoms. The van der Waals surface area contributed by atoms with Gasteiger partial charge in [-0.1, -0.05) is 24.2 Å². The molecule has 0 unspecified atom stereocenters. The van der Waals surface area contributed by atoms with Gasteiger partial charge in [0.2, 0.25) is 0 Å². The fraction of sp³-hybridized carbons (Fsp3) is 0. The third-order valence-corrected chi connectivity index (χ3v) is 1.93. The SMILES string of the molecule is [2H]c1c([2H])c([2H])c(C(=O)Oc2c([2H])c([2H])c([2H])c([2H])c2C(=O)O)c(O)c1[2H]. The maximum atomic E-state index is 12.3. The van der Waals surface area contributed by atoms with E-state index in [1.54, 1.807) is 0 Å². The van der Waals surface area contributed by atoms with Crippen LogP contribution in [0.5, 0.6) is 11.5 Å². The molecule has 5 nitrogen and oxygen atoms in total. The summed E-state index contributed by atoms with van der Waals surface area (Å²) in [6, 6.07) is -7.30. The molecule has 0 heterocycles. The predicted octanol–water partition coefficient (Wildman–Crippen LogP) is 2.31. The van der Waals surface area contributed by atoms with Crippen molar-refractivity contribution in [2.75, 3.05) is 0 Å². The van der Waals surface area contributed by atoms with Crippen molar-refractivity contribution in [3.63, 3.8) is 0 Å². The molecule has 0 aliphatic heterocycles. The summed E-state index contributed by atoms with van der Waals surface area (Å²) in [5, 5.41) is 19.0. The maximum Gasteiger partial charge on any atom is 0.347 e. The topological polar surface area (TPSA) is 83.8 Å². The molecule has 0 aliphatic rings. The Hall–Kier alpha value is -2.82. The maximum absolute atomic E-state index is 12.3. The molecule has 0 atom stereocenters. The summed E-state index contributed by atoms with van der Waals surface area (Å²) in [5.41, 5.74) is -2.06. The summed E-state index contributed by atoms with van der Waals surface area (Å²) in [7, 11) is 0. The van der Waals surface area contributed by atoms with Gasteiger partial charge >= 0.3 is 11.9 Å². The van der Waals surface area contributed by atoms with Crippen LogP contribution >= 0.6 is 0 Å². The van der Waals surface area contributed by atoms with Gasteiger partial charge in [-0.05, 0) is 24.2 Å². The summed E-state index contributed by atoms with van der Waals surface area (Å²) in [6.45, 7) is 0. The first-order valence-corrected chi connectivity index (χ1v) is 4.76. The van der Waals surface area contributed by atoms with Crippen LogP contribution in [0.15, 0.2) is 48.3 Å². The summed E-state index contributed by atoms with van der Waals surface area (Å²) in [4.78, 5) is 23.7. The van der Waals surface area contributed by atoms with Gasteiger partial charge in [0.1, 0.15) is 22.6 Å². The van der Waals surface area contributed by atoms with E-state index in [9.17, 15) is 19.8 Å². The summed E-state index contributed by atoms with van der Waals surface area (Å²) >= 11 is 0. The van der Waals surface area contributed by atoms with Gasteiger partial charge in [-0.3, -0.25) is 0 Å². The number of phenols is 1. The highest BCUT2D eigenvalue weighted by molar-refractivity contribution is 5.96. The number of carboxylic acid groups (broad SMARTS) is 1. The standard InChI is InChI=1S/C14H10O5/c15-11-7-3-1-5-9(11)14(18)19-12-8-4-2-6-10(12)13(16)17/h1-8,15H,(H,16,17)/i1D,2D,3D,4D,5D,6D,7D,8D. The number of hydrogen-bond donors (Lipinski definition) is 2. The molecule has 0 amide bonds. The van der Waals surface area contributed by atoms with Crippen LogP contribution in [0.3, 0.4) is 0 Å². The molecule has 19 heavy (non-hydrogen) atoms. The molecule has 0 saturated carbocycles. The average molecular weight is 266 g/mol. The third-order valence-electron chi connectivity index (χ3n) is 1.93.